The van der Waals surface area contributed by atoms with Gasteiger partial charge in [0.2, 0.25) is 0 Å². The highest BCUT2D eigenvalue weighted by molar-refractivity contribution is 7.80. The Labute approximate surface area is 243 Å². The number of hydrogen-bond donors (Lipinski definition) is 0. The second-order valence-corrected chi connectivity index (χ2v) is 12.7. The highest BCUT2D eigenvalue weighted by Crippen LogP contribution is 2.52. The molecule has 0 bridgehead atoms. The Morgan fingerprint density at radius 1 is 0.439 bits per heavy atom. The van der Waals surface area contributed by atoms with Gasteiger partial charge in [0.25, 0.3) is 0 Å². The Hall–Kier alpha value is -4.49. The van der Waals surface area contributed by atoms with Crippen LogP contribution in [0.2, 0.25) is 0 Å². The normalized spacial score (nSPS) is 12.7. The summed E-state index contributed by atoms with van der Waals surface area (Å²) in [5.41, 5.74) is 7.26. The summed E-state index contributed by atoms with van der Waals surface area (Å²) in [7, 11) is -0.774. The first kappa shape index (κ1) is 25.5. The van der Waals surface area contributed by atoms with Crippen molar-refractivity contribution in [2.45, 2.75) is 13.8 Å². The number of quaternary nitrogens is 1. The Morgan fingerprint density at radius 3 is 1.24 bits per heavy atom. The molecule has 0 fully saturated rings. The van der Waals surface area contributed by atoms with Crippen LogP contribution >= 0.6 is 7.92 Å². The van der Waals surface area contributed by atoms with E-state index in [2.05, 4.69) is 166 Å². The van der Waals surface area contributed by atoms with Crippen LogP contribution in [0.5, 0.6) is 11.5 Å². The van der Waals surface area contributed by atoms with Gasteiger partial charge in [-0.2, -0.15) is 4.48 Å². The maximum atomic E-state index is 6.40. The molecule has 41 heavy (non-hydrogen) atoms. The maximum absolute atomic E-state index is 6.40. The van der Waals surface area contributed by atoms with Gasteiger partial charge in [-0.1, -0.05) is 77.9 Å². The molecular formula is C38H31NOP+. The van der Waals surface area contributed by atoms with E-state index in [4.69, 9.17) is 4.74 Å². The Kier molecular flexibility index (Phi) is 6.51. The molecule has 0 aliphatic carbocycles. The summed E-state index contributed by atoms with van der Waals surface area (Å²) in [6.07, 6.45) is 0. The van der Waals surface area contributed by atoms with Gasteiger partial charge in [-0.3, -0.25) is 0 Å². The molecule has 0 atom stereocenters. The third-order valence-electron chi connectivity index (χ3n) is 7.86. The average molecular weight is 549 g/mol. The molecule has 0 saturated carbocycles. The molecule has 0 radical (unpaired) electrons. The second kappa shape index (κ2) is 10.5. The van der Waals surface area contributed by atoms with Crippen molar-refractivity contribution in [1.82, 2.24) is 4.48 Å². The summed E-state index contributed by atoms with van der Waals surface area (Å²) in [4.78, 5) is 0. The zero-order valence-electron chi connectivity index (χ0n) is 23.2. The molecule has 1 aliphatic rings. The highest BCUT2D eigenvalue weighted by atomic mass is 31.1. The summed E-state index contributed by atoms with van der Waals surface area (Å²) >= 11 is 0. The number of hydrogen-bond acceptors (Lipinski definition) is 1. The summed E-state index contributed by atoms with van der Waals surface area (Å²) < 4.78 is 6.90. The molecular weight excluding hydrogens is 517 g/mol. The Morgan fingerprint density at radius 2 is 0.829 bits per heavy atom. The number of rotatable bonds is 5. The topological polar surface area (TPSA) is 9.23 Å². The smallest absolute Gasteiger partial charge is 0.148 e. The van der Waals surface area contributed by atoms with Crippen molar-refractivity contribution in [2.24, 2.45) is 0 Å². The molecule has 7 rings (SSSR count). The van der Waals surface area contributed by atoms with Crippen molar-refractivity contribution in [3.05, 3.63) is 163 Å². The van der Waals surface area contributed by atoms with Gasteiger partial charge >= 0.3 is 0 Å². The average Bonchev–Trinajstić information content (AvgIpc) is 3.02. The molecule has 0 unspecified atom stereocenters. The van der Waals surface area contributed by atoms with E-state index in [1.807, 2.05) is 0 Å². The van der Waals surface area contributed by atoms with E-state index in [-0.39, 0.29) is 0 Å². The molecule has 1 heterocycles. The van der Waals surface area contributed by atoms with E-state index >= 15 is 0 Å². The van der Waals surface area contributed by atoms with E-state index in [1.54, 1.807) is 0 Å². The van der Waals surface area contributed by atoms with Gasteiger partial charge in [-0.25, -0.2) is 0 Å². The van der Waals surface area contributed by atoms with Crippen molar-refractivity contribution in [1.29, 1.82) is 0 Å². The van der Waals surface area contributed by atoms with Crippen molar-refractivity contribution < 1.29 is 4.74 Å². The lowest BCUT2D eigenvalue weighted by Gasteiger charge is -2.37. The molecule has 0 spiro atoms. The van der Waals surface area contributed by atoms with Crippen molar-refractivity contribution in [2.75, 3.05) is 0 Å². The fourth-order valence-corrected chi connectivity index (χ4v) is 8.59. The van der Waals surface area contributed by atoms with E-state index in [0.717, 1.165) is 11.5 Å². The lowest BCUT2D eigenvalue weighted by molar-refractivity contribution is 0.488. The van der Waals surface area contributed by atoms with Crippen LogP contribution in [0.4, 0.5) is 22.7 Å². The number of ether oxygens (including phenoxy) is 1. The van der Waals surface area contributed by atoms with Crippen LogP contribution in [0.1, 0.15) is 11.1 Å². The Bertz CT molecular complexity index is 1670. The number of benzene rings is 6. The fourth-order valence-electron chi connectivity index (χ4n) is 5.98. The summed E-state index contributed by atoms with van der Waals surface area (Å²) in [5.74, 6) is 1.93. The summed E-state index contributed by atoms with van der Waals surface area (Å²) in [6.45, 7) is 4.32. The number of para-hydroxylation sites is 3. The molecule has 2 nitrogen and oxygen atoms in total. The van der Waals surface area contributed by atoms with Crippen LogP contribution in [0.15, 0.2) is 152 Å². The first-order valence-corrected chi connectivity index (χ1v) is 15.3. The monoisotopic (exact) mass is 548 g/mol. The molecule has 6 aromatic rings. The van der Waals surface area contributed by atoms with Crippen LogP contribution in [0.3, 0.4) is 0 Å². The number of aryl methyl sites for hydroxylation is 2. The standard InChI is InChI=1S/C38H31NOP/c1-28-18-24-35-37(26-28)41(38-27-29(2)19-25-36(38)40-35)34-22-20-33(21-23-34)39(30-12-6-3-7-13-30,31-14-8-4-9-15-31)32-16-10-5-11-17-32/h3-27H,1-2H3/q+1. The minimum atomic E-state index is -0.774. The molecule has 3 heteroatoms. The van der Waals surface area contributed by atoms with Gasteiger partial charge in [0.05, 0.1) is 0 Å². The third kappa shape index (κ3) is 4.37. The van der Waals surface area contributed by atoms with Crippen molar-refractivity contribution in [3.8, 4) is 11.5 Å². The summed E-state index contributed by atoms with van der Waals surface area (Å²) in [6, 6.07) is 54.9. The molecule has 0 aromatic heterocycles. The number of fused-ring (bicyclic) bond motifs is 2. The van der Waals surface area contributed by atoms with Gasteiger partial charge in [-0.15, -0.1) is 0 Å². The largest absolute Gasteiger partial charge is 0.456 e. The van der Waals surface area contributed by atoms with Crippen LogP contribution in [0.25, 0.3) is 0 Å². The highest BCUT2D eigenvalue weighted by Gasteiger charge is 2.39. The minimum absolute atomic E-state index is 0.495. The van der Waals surface area contributed by atoms with E-state index in [1.165, 1.54) is 49.8 Å². The molecule has 0 saturated heterocycles. The molecule has 6 aromatic carbocycles. The molecule has 198 valence electrons. The summed E-state index contributed by atoms with van der Waals surface area (Å²) in [5, 5.41) is 3.87. The maximum Gasteiger partial charge on any atom is 0.148 e. The van der Waals surface area contributed by atoms with Crippen molar-refractivity contribution in [3.63, 3.8) is 0 Å². The predicted molar refractivity (Wildman–Crippen MR) is 175 cm³/mol. The van der Waals surface area contributed by atoms with Crippen LogP contribution in [-0.2, 0) is 0 Å². The zero-order valence-corrected chi connectivity index (χ0v) is 24.1. The quantitative estimate of drug-likeness (QED) is 0.154. The van der Waals surface area contributed by atoms with Crippen LogP contribution < -0.4 is 25.1 Å². The van der Waals surface area contributed by atoms with E-state index in [0.29, 0.717) is 4.48 Å². The second-order valence-electron chi connectivity index (χ2n) is 10.6. The molecule has 0 amide bonds. The third-order valence-corrected chi connectivity index (χ3v) is 10.3. The van der Waals surface area contributed by atoms with E-state index in [9.17, 15) is 0 Å². The first-order valence-electron chi connectivity index (χ1n) is 14.0. The van der Waals surface area contributed by atoms with Gasteiger partial charge in [0.1, 0.15) is 34.2 Å². The predicted octanol–water partition coefficient (Wildman–Crippen LogP) is 9.47. The minimum Gasteiger partial charge on any atom is -0.456 e. The van der Waals surface area contributed by atoms with Gasteiger partial charge in [-0.05, 0) is 63.5 Å². The lowest BCUT2D eigenvalue weighted by Crippen LogP contribution is -2.33. The molecule has 1 aliphatic heterocycles. The van der Waals surface area contributed by atoms with Gasteiger partial charge < -0.3 is 4.74 Å². The number of nitrogens with zero attached hydrogens (tertiary/aromatic N) is 1. The fraction of sp³-hybridized carbons (Fsp3) is 0.0526. The van der Waals surface area contributed by atoms with Crippen molar-refractivity contribution >= 4 is 46.6 Å². The van der Waals surface area contributed by atoms with E-state index < -0.39 is 7.92 Å². The van der Waals surface area contributed by atoms with Crippen LogP contribution in [0, 0.1) is 13.8 Å². The SMILES string of the molecule is Cc1ccc2c(c1)P(c1ccc([N+](c3ccccc3)(c3ccccc3)c3ccccc3)cc1)c1cc(C)ccc1O2. The van der Waals surface area contributed by atoms with Gasteiger partial charge in [0.15, 0.2) is 0 Å². The zero-order chi connectivity index (χ0) is 27.8. The first-order chi connectivity index (χ1) is 20.1. The Balaban J connectivity index is 1.45. The van der Waals surface area contributed by atoms with Crippen LogP contribution in [-0.4, -0.2) is 0 Å². The molecule has 0 N–H and O–H groups in total. The van der Waals surface area contributed by atoms with Gasteiger partial charge in [0, 0.05) is 59.1 Å². The lowest BCUT2D eigenvalue weighted by atomic mass is 10.1.